The first kappa shape index (κ1) is 16.2. The summed E-state index contributed by atoms with van der Waals surface area (Å²) in [5, 5.41) is 5.48. The van der Waals surface area contributed by atoms with Gasteiger partial charge < -0.3 is 15.2 Å². The second-order valence-corrected chi connectivity index (χ2v) is 6.30. The van der Waals surface area contributed by atoms with Crippen molar-refractivity contribution in [2.24, 2.45) is 5.41 Å². The summed E-state index contributed by atoms with van der Waals surface area (Å²) < 4.78 is 2.00. The van der Waals surface area contributed by atoms with Gasteiger partial charge in [-0.05, 0) is 51.0 Å². The second-order valence-electron chi connectivity index (χ2n) is 6.30. The highest BCUT2D eigenvalue weighted by atomic mass is 16.2. The third-order valence-electron chi connectivity index (χ3n) is 4.96. The van der Waals surface area contributed by atoms with Crippen molar-refractivity contribution in [3.8, 4) is 5.69 Å². The van der Waals surface area contributed by atoms with Crippen LogP contribution in [0.25, 0.3) is 5.69 Å². The molecule has 3 rings (SSSR count). The molecule has 0 aliphatic heterocycles. The monoisotopic (exact) mass is 326 g/mol. The minimum atomic E-state index is -0.911. The van der Waals surface area contributed by atoms with Crippen molar-refractivity contribution in [3.63, 3.8) is 0 Å². The molecule has 1 aliphatic carbocycles. The number of rotatable bonds is 4. The molecule has 0 radical (unpaired) electrons. The Morgan fingerprint density at radius 3 is 2.25 bits per heavy atom. The van der Waals surface area contributed by atoms with Crippen LogP contribution in [0.1, 0.15) is 30.7 Å². The van der Waals surface area contributed by atoms with E-state index in [2.05, 4.69) is 15.6 Å². The van der Waals surface area contributed by atoms with Crippen molar-refractivity contribution in [1.29, 1.82) is 0 Å². The summed E-state index contributed by atoms with van der Waals surface area (Å²) in [5.74, 6) is -0.428. The summed E-state index contributed by atoms with van der Waals surface area (Å²) in [7, 11) is 1.57. The van der Waals surface area contributed by atoms with Crippen molar-refractivity contribution in [3.05, 3.63) is 42.0 Å². The zero-order chi connectivity index (χ0) is 17.3. The Balaban J connectivity index is 1.76. The van der Waals surface area contributed by atoms with E-state index in [9.17, 15) is 9.59 Å². The average Bonchev–Trinajstić information content (AvgIpc) is 2.86. The van der Waals surface area contributed by atoms with E-state index in [1.54, 1.807) is 13.4 Å². The molecule has 1 heterocycles. The Morgan fingerprint density at radius 2 is 1.79 bits per heavy atom. The Morgan fingerprint density at radius 1 is 1.12 bits per heavy atom. The Hall–Kier alpha value is -2.63. The van der Waals surface area contributed by atoms with E-state index in [1.807, 2.05) is 42.7 Å². The molecule has 0 spiro atoms. The lowest BCUT2D eigenvalue weighted by Gasteiger charge is -2.38. The second kappa shape index (κ2) is 6.11. The predicted molar refractivity (Wildman–Crippen MR) is 92.0 cm³/mol. The number of hydrogen-bond donors (Lipinski definition) is 2. The fraction of sp³-hybridized carbons (Fsp3) is 0.389. The molecule has 2 aromatic rings. The van der Waals surface area contributed by atoms with Crippen LogP contribution in [0, 0.1) is 19.3 Å². The summed E-state index contributed by atoms with van der Waals surface area (Å²) in [4.78, 5) is 28.9. The highest BCUT2D eigenvalue weighted by Gasteiger charge is 2.50. The van der Waals surface area contributed by atoms with Gasteiger partial charge in [0.1, 0.15) is 5.41 Å². The van der Waals surface area contributed by atoms with Crippen molar-refractivity contribution in [2.75, 3.05) is 12.4 Å². The van der Waals surface area contributed by atoms with Gasteiger partial charge in [0, 0.05) is 24.1 Å². The quantitative estimate of drug-likeness (QED) is 0.847. The maximum atomic E-state index is 12.5. The summed E-state index contributed by atoms with van der Waals surface area (Å²) in [6.45, 7) is 3.99. The zero-order valence-electron chi connectivity index (χ0n) is 14.2. The molecular weight excluding hydrogens is 304 g/mol. The van der Waals surface area contributed by atoms with E-state index < -0.39 is 5.41 Å². The van der Waals surface area contributed by atoms with Crippen molar-refractivity contribution in [2.45, 2.75) is 33.1 Å². The number of benzene rings is 1. The van der Waals surface area contributed by atoms with Gasteiger partial charge >= 0.3 is 0 Å². The van der Waals surface area contributed by atoms with Gasteiger partial charge in [-0.1, -0.05) is 6.42 Å². The number of aryl methyl sites for hydroxylation is 1. The molecule has 0 saturated heterocycles. The average molecular weight is 326 g/mol. The first-order chi connectivity index (χ1) is 11.5. The number of imidazole rings is 1. The molecule has 1 aromatic heterocycles. The molecule has 1 fully saturated rings. The smallest absolute Gasteiger partial charge is 0.240 e. The van der Waals surface area contributed by atoms with Crippen molar-refractivity contribution in [1.82, 2.24) is 14.9 Å². The van der Waals surface area contributed by atoms with Gasteiger partial charge in [0.15, 0.2) is 0 Å². The Bertz CT molecular complexity index is 773. The number of aromatic nitrogens is 2. The highest BCUT2D eigenvalue weighted by Crippen LogP contribution is 2.42. The van der Waals surface area contributed by atoms with Crippen LogP contribution in [0.3, 0.4) is 0 Å². The summed E-state index contributed by atoms with van der Waals surface area (Å²) in [6, 6.07) is 7.55. The van der Waals surface area contributed by atoms with Crippen LogP contribution in [0.5, 0.6) is 0 Å². The molecule has 1 aliphatic rings. The highest BCUT2D eigenvalue weighted by molar-refractivity contribution is 6.11. The van der Waals surface area contributed by atoms with E-state index in [1.165, 1.54) is 0 Å². The Kier molecular flexibility index (Phi) is 4.13. The van der Waals surface area contributed by atoms with Gasteiger partial charge in [0.05, 0.1) is 12.0 Å². The van der Waals surface area contributed by atoms with Gasteiger partial charge in [-0.3, -0.25) is 9.59 Å². The molecule has 126 valence electrons. The molecular formula is C18H22N4O2. The van der Waals surface area contributed by atoms with E-state index >= 15 is 0 Å². The third-order valence-corrected chi connectivity index (χ3v) is 4.96. The van der Waals surface area contributed by atoms with Crippen LogP contribution in [0.2, 0.25) is 0 Å². The summed E-state index contributed by atoms with van der Waals surface area (Å²) >= 11 is 0. The van der Waals surface area contributed by atoms with Gasteiger partial charge in [-0.25, -0.2) is 4.98 Å². The molecule has 2 N–H and O–H groups in total. The number of nitrogens with zero attached hydrogens (tertiary/aromatic N) is 2. The fourth-order valence-electron chi connectivity index (χ4n) is 3.04. The molecule has 24 heavy (non-hydrogen) atoms. The third kappa shape index (κ3) is 2.58. The molecule has 1 saturated carbocycles. The molecule has 6 heteroatoms. The molecule has 0 bridgehead atoms. The largest absolute Gasteiger partial charge is 0.358 e. The molecule has 2 amide bonds. The van der Waals surface area contributed by atoms with Gasteiger partial charge in [-0.15, -0.1) is 0 Å². The molecule has 0 atom stereocenters. The van der Waals surface area contributed by atoms with Crippen LogP contribution in [0.15, 0.2) is 30.6 Å². The molecule has 1 aromatic carbocycles. The Labute approximate surface area is 141 Å². The van der Waals surface area contributed by atoms with Crippen LogP contribution in [0.4, 0.5) is 5.69 Å². The predicted octanol–water partition coefficient (Wildman–Crippen LogP) is 2.34. The number of carbonyl (C=O) groups excluding carboxylic acids is 2. The van der Waals surface area contributed by atoms with Crippen LogP contribution >= 0.6 is 0 Å². The molecule has 0 unspecified atom stereocenters. The van der Waals surface area contributed by atoms with Crippen LogP contribution in [-0.4, -0.2) is 28.4 Å². The number of nitrogens with one attached hydrogen (secondary N) is 2. The number of hydrogen-bond acceptors (Lipinski definition) is 3. The van der Waals surface area contributed by atoms with E-state index in [0.717, 1.165) is 23.5 Å². The van der Waals surface area contributed by atoms with Gasteiger partial charge in [-0.2, -0.15) is 0 Å². The maximum absolute atomic E-state index is 12.5. The normalized spacial score (nSPS) is 15.5. The zero-order valence-corrected chi connectivity index (χ0v) is 14.2. The first-order valence-corrected chi connectivity index (χ1v) is 8.12. The van der Waals surface area contributed by atoms with E-state index in [0.29, 0.717) is 18.5 Å². The van der Waals surface area contributed by atoms with Crippen molar-refractivity contribution < 1.29 is 9.59 Å². The van der Waals surface area contributed by atoms with Gasteiger partial charge in [0.2, 0.25) is 11.8 Å². The van der Waals surface area contributed by atoms with Crippen LogP contribution in [-0.2, 0) is 9.59 Å². The van der Waals surface area contributed by atoms with Crippen molar-refractivity contribution >= 4 is 17.5 Å². The van der Waals surface area contributed by atoms with E-state index in [4.69, 9.17) is 0 Å². The first-order valence-electron chi connectivity index (χ1n) is 8.12. The summed E-state index contributed by atoms with van der Waals surface area (Å²) in [6.07, 6.45) is 3.89. The number of carbonyl (C=O) groups is 2. The minimum Gasteiger partial charge on any atom is -0.358 e. The fourth-order valence-corrected chi connectivity index (χ4v) is 3.04. The SMILES string of the molecule is CNC(=O)C1(C(=O)Nc2ccc(-n3cnc(C)c3C)cc2)CCC1. The maximum Gasteiger partial charge on any atom is 0.240 e. The summed E-state index contributed by atoms with van der Waals surface area (Å²) in [5.41, 5.74) is 2.83. The standard InChI is InChI=1S/C18H22N4O2/c1-12-13(2)22(11-20-12)15-7-5-14(6-8-15)21-17(24)18(9-4-10-18)16(23)19-3/h5-8,11H,4,9-10H2,1-3H3,(H,19,23)(H,21,24). The molecule has 6 nitrogen and oxygen atoms in total. The van der Waals surface area contributed by atoms with E-state index in [-0.39, 0.29) is 11.8 Å². The van der Waals surface area contributed by atoms with Crippen LogP contribution < -0.4 is 10.6 Å². The topological polar surface area (TPSA) is 76.0 Å². The number of amides is 2. The lowest BCUT2D eigenvalue weighted by atomic mass is 9.67. The lowest BCUT2D eigenvalue weighted by molar-refractivity contribution is -0.146. The lowest BCUT2D eigenvalue weighted by Crippen LogP contribution is -2.52. The van der Waals surface area contributed by atoms with Gasteiger partial charge in [0.25, 0.3) is 0 Å². The number of anilines is 1. The minimum absolute atomic E-state index is 0.201.